The third kappa shape index (κ3) is 5.39. The van der Waals surface area contributed by atoms with Gasteiger partial charge in [0.15, 0.2) is 0 Å². The fraction of sp³-hybridized carbons (Fsp3) is 0.714. The van der Waals surface area contributed by atoms with Crippen molar-refractivity contribution in [1.29, 1.82) is 0 Å². The van der Waals surface area contributed by atoms with Gasteiger partial charge >= 0.3 is 6.09 Å². The monoisotopic (exact) mass is 166 g/mol. The summed E-state index contributed by atoms with van der Waals surface area (Å²) in [6.07, 6.45) is -2.50. The fourth-order valence-corrected chi connectivity index (χ4v) is 0.512. The zero-order chi connectivity index (χ0) is 14.8. The first-order valence-corrected chi connectivity index (χ1v) is 2.80. The van der Waals surface area contributed by atoms with Crippen LogP contribution in [-0.2, 0) is 4.79 Å². The number of carboxylic acid groups (broad SMARTS) is 1. The standard InChI is InChI=1S/C7H13NO3/c1-5(2)3-6(4-9)8-7(10)11/h4-6,8H,3H2,1-2H3,(H,10,11)/i1D3,2D3,5D. The number of amides is 1. The van der Waals surface area contributed by atoms with Gasteiger partial charge in [-0.05, 0) is 12.3 Å². The largest absolute Gasteiger partial charge is 0.465 e. The smallest absolute Gasteiger partial charge is 0.405 e. The van der Waals surface area contributed by atoms with E-state index in [1.165, 1.54) is 0 Å². The number of rotatable bonds is 4. The zero-order valence-electron chi connectivity index (χ0n) is 12.6. The Hall–Kier alpha value is -1.06. The number of carbonyl (C=O) groups excluding carboxylic acids is 1. The molecule has 0 aliphatic heterocycles. The average molecular weight is 166 g/mol. The molecule has 0 aromatic rings. The van der Waals surface area contributed by atoms with E-state index in [9.17, 15) is 9.59 Å². The molecule has 1 atom stereocenters. The number of aldehydes is 1. The summed E-state index contributed by atoms with van der Waals surface area (Å²) in [7, 11) is 0. The van der Waals surface area contributed by atoms with Gasteiger partial charge in [-0.1, -0.05) is 13.7 Å². The van der Waals surface area contributed by atoms with Crippen molar-refractivity contribution in [2.45, 2.75) is 26.2 Å². The molecule has 1 amide bonds. The maximum atomic E-state index is 10.6. The number of hydrogen-bond acceptors (Lipinski definition) is 2. The molecular weight excluding hydrogens is 146 g/mol. The van der Waals surface area contributed by atoms with E-state index in [1.807, 2.05) is 0 Å². The molecule has 4 nitrogen and oxygen atoms in total. The van der Waals surface area contributed by atoms with Crippen molar-refractivity contribution in [3.63, 3.8) is 0 Å². The Morgan fingerprint density at radius 2 is 2.55 bits per heavy atom. The van der Waals surface area contributed by atoms with Crippen molar-refractivity contribution in [3.05, 3.63) is 0 Å². The second-order valence-electron chi connectivity index (χ2n) is 1.87. The molecule has 0 rings (SSSR count). The SMILES string of the molecule is [2H]C([2H])([2H])C([2H])(CC(C=O)NC(=O)O)C([2H])([2H])[2H]. The number of nitrogens with one attached hydrogen (secondary N) is 1. The first-order valence-electron chi connectivity index (χ1n) is 6.30. The summed E-state index contributed by atoms with van der Waals surface area (Å²) in [5.41, 5.74) is 0. The minimum atomic E-state index is -3.18. The molecule has 1 unspecified atom stereocenters. The van der Waals surface area contributed by atoms with E-state index in [0.29, 0.717) is 0 Å². The predicted octanol–water partition coefficient (Wildman–Crippen LogP) is 0.868. The van der Waals surface area contributed by atoms with E-state index in [-0.39, 0.29) is 6.29 Å². The van der Waals surface area contributed by atoms with E-state index in [1.54, 1.807) is 5.32 Å². The molecule has 0 saturated heterocycles. The summed E-state index contributed by atoms with van der Waals surface area (Å²) in [5.74, 6) is -2.92. The maximum Gasteiger partial charge on any atom is 0.405 e. The van der Waals surface area contributed by atoms with Crippen LogP contribution in [0, 0.1) is 5.89 Å². The molecule has 2 N–H and O–H groups in total. The molecule has 0 aliphatic rings. The topological polar surface area (TPSA) is 66.4 Å². The number of carbonyl (C=O) groups is 2. The highest BCUT2D eigenvalue weighted by Gasteiger charge is 2.10. The quantitative estimate of drug-likeness (QED) is 0.609. The van der Waals surface area contributed by atoms with Crippen LogP contribution in [-0.4, -0.2) is 23.5 Å². The molecule has 0 radical (unpaired) electrons. The minimum Gasteiger partial charge on any atom is -0.465 e. The van der Waals surface area contributed by atoms with E-state index in [0.717, 1.165) is 0 Å². The summed E-state index contributed by atoms with van der Waals surface area (Å²) in [4.78, 5) is 20.9. The Balaban J connectivity index is 5.26. The van der Waals surface area contributed by atoms with Crippen LogP contribution in [0.5, 0.6) is 0 Å². The Labute approximate surface area is 75.4 Å². The summed E-state index contributed by atoms with van der Waals surface area (Å²) in [6, 6.07) is -1.57. The van der Waals surface area contributed by atoms with Crippen molar-refractivity contribution < 1.29 is 24.3 Å². The molecule has 0 bridgehead atoms. The van der Waals surface area contributed by atoms with Crippen molar-refractivity contribution >= 4 is 12.4 Å². The van der Waals surface area contributed by atoms with Crippen molar-refractivity contribution in [1.82, 2.24) is 5.32 Å². The van der Waals surface area contributed by atoms with Gasteiger partial charge in [0.2, 0.25) is 0 Å². The highest BCUT2D eigenvalue weighted by Crippen LogP contribution is 2.02. The van der Waals surface area contributed by atoms with Gasteiger partial charge in [-0.15, -0.1) is 0 Å². The van der Waals surface area contributed by atoms with Gasteiger partial charge in [0.1, 0.15) is 6.29 Å². The normalized spacial score (nSPS) is 25.3. The molecule has 0 saturated carbocycles. The van der Waals surface area contributed by atoms with Gasteiger partial charge in [-0.2, -0.15) is 0 Å². The average Bonchev–Trinajstić information content (AvgIpc) is 2.12. The molecule has 0 aromatic carbocycles. The molecule has 4 heteroatoms. The van der Waals surface area contributed by atoms with E-state index < -0.39 is 38.2 Å². The van der Waals surface area contributed by atoms with Gasteiger partial charge in [0.05, 0.1) is 6.04 Å². The molecule has 0 aromatic heterocycles. The molecular formula is C7H13NO3. The second-order valence-corrected chi connectivity index (χ2v) is 1.87. The third-order valence-corrected chi connectivity index (χ3v) is 0.897. The Morgan fingerprint density at radius 1 is 1.91 bits per heavy atom. The zero-order valence-corrected chi connectivity index (χ0v) is 5.63. The van der Waals surface area contributed by atoms with Crippen LogP contribution in [0.15, 0.2) is 0 Å². The first kappa shape index (κ1) is 3.13. The lowest BCUT2D eigenvalue weighted by atomic mass is 10.1. The summed E-state index contributed by atoms with van der Waals surface area (Å²) in [6.45, 7) is -6.36. The van der Waals surface area contributed by atoms with Gasteiger partial charge in [-0.25, -0.2) is 4.79 Å². The van der Waals surface area contributed by atoms with E-state index in [2.05, 4.69) is 0 Å². The third-order valence-electron chi connectivity index (χ3n) is 0.897. The number of hydrogen-bond donors (Lipinski definition) is 2. The lowest BCUT2D eigenvalue weighted by Crippen LogP contribution is -2.35. The highest BCUT2D eigenvalue weighted by atomic mass is 16.4. The first-order chi connectivity index (χ1) is 7.85. The van der Waals surface area contributed by atoms with Crippen molar-refractivity contribution in [3.8, 4) is 0 Å². The molecule has 0 fully saturated rings. The Morgan fingerprint density at radius 3 is 2.91 bits per heavy atom. The summed E-state index contributed by atoms with van der Waals surface area (Å²) in [5, 5.41) is 10.1. The van der Waals surface area contributed by atoms with Crippen LogP contribution in [0.1, 0.15) is 29.7 Å². The van der Waals surface area contributed by atoms with Gasteiger partial charge in [-0.3, -0.25) is 0 Å². The van der Waals surface area contributed by atoms with Crippen LogP contribution >= 0.6 is 0 Å². The second kappa shape index (κ2) is 4.71. The van der Waals surface area contributed by atoms with Crippen molar-refractivity contribution in [2.75, 3.05) is 0 Å². The van der Waals surface area contributed by atoms with Gasteiger partial charge in [0.25, 0.3) is 0 Å². The van der Waals surface area contributed by atoms with Crippen LogP contribution in [0.25, 0.3) is 0 Å². The van der Waals surface area contributed by atoms with Crippen molar-refractivity contribution in [2.24, 2.45) is 5.89 Å². The predicted molar refractivity (Wildman–Crippen MR) is 40.5 cm³/mol. The lowest BCUT2D eigenvalue weighted by Gasteiger charge is -2.11. The summed E-state index contributed by atoms with van der Waals surface area (Å²) >= 11 is 0. The fourth-order valence-electron chi connectivity index (χ4n) is 0.512. The van der Waals surface area contributed by atoms with Crippen LogP contribution in [0.2, 0.25) is 0 Å². The highest BCUT2D eigenvalue weighted by molar-refractivity contribution is 5.71. The van der Waals surface area contributed by atoms with Gasteiger partial charge < -0.3 is 15.2 Å². The molecule has 0 spiro atoms. The van der Waals surface area contributed by atoms with E-state index in [4.69, 9.17) is 14.7 Å². The van der Waals surface area contributed by atoms with Crippen LogP contribution in [0.4, 0.5) is 4.79 Å². The minimum absolute atomic E-state index is 0.0644. The summed E-state index contributed by atoms with van der Waals surface area (Å²) < 4.78 is 50.1. The van der Waals surface area contributed by atoms with Crippen LogP contribution < -0.4 is 5.32 Å². The van der Waals surface area contributed by atoms with Crippen LogP contribution in [0.3, 0.4) is 0 Å². The Bertz CT molecular complexity index is 310. The molecule has 0 heterocycles. The molecule has 11 heavy (non-hydrogen) atoms. The Kier molecular flexibility index (Phi) is 1.34. The molecule has 0 aliphatic carbocycles. The lowest BCUT2D eigenvalue weighted by molar-refractivity contribution is -0.109. The van der Waals surface area contributed by atoms with Gasteiger partial charge in [0, 0.05) is 9.60 Å². The van der Waals surface area contributed by atoms with E-state index >= 15 is 0 Å². The molecule has 64 valence electrons. The maximum absolute atomic E-state index is 10.6.